The van der Waals surface area contributed by atoms with Gasteiger partial charge in [-0.15, -0.1) is 0 Å². The summed E-state index contributed by atoms with van der Waals surface area (Å²) in [6.45, 7) is 4.16. The number of nitrogens with one attached hydrogen (secondary N) is 1. The van der Waals surface area contributed by atoms with Crippen molar-refractivity contribution in [1.82, 2.24) is 5.32 Å². The summed E-state index contributed by atoms with van der Waals surface area (Å²) >= 11 is 0. The van der Waals surface area contributed by atoms with Gasteiger partial charge in [0, 0.05) is 18.1 Å². The normalized spacial score (nSPS) is 40.5. The van der Waals surface area contributed by atoms with Gasteiger partial charge >= 0.3 is 0 Å². The molecule has 0 radical (unpaired) electrons. The summed E-state index contributed by atoms with van der Waals surface area (Å²) in [5, 5.41) is 12.3. The highest BCUT2D eigenvalue weighted by Crippen LogP contribution is 2.56. The molecule has 0 heterocycles. The smallest absolute Gasteiger partial charge is 0.224 e. The summed E-state index contributed by atoms with van der Waals surface area (Å²) in [5.41, 5.74) is -0.277. The monoisotopic (exact) mass is 265 g/mol. The number of aliphatic hydroxyl groups excluding tert-OH is 1. The quantitative estimate of drug-likeness (QED) is 0.819. The van der Waals surface area contributed by atoms with Gasteiger partial charge in [0.05, 0.1) is 0 Å². The molecule has 4 saturated carbocycles. The molecule has 4 fully saturated rings. The predicted octanol–water partition coefficient (Wildman–Crippen LogP) is 2.34. The fourth-order valence-corrected chi connectivity index (χ4v) is 5.11. The molecule has 0 aromatic heterocycles. The number of carbonyl (C=O) groups excluding carboxylic acids is 1. The van der Waals surface area contributed by atoms with Crippen molar-refractivity contribution in [3.63, 3.8) is 0 Å². The minimum absolute atomic E-state index is 0.134. The SMILES string of the molecule is CC(C)(CCO)NC(=O)C1C2CC3CC(C2)CC1C3. The highest BCUT2D eigenvalue weighted by Gasteiger charge is 2.51. The van der Waals surface area contributed by atoms with E-state index >= 15 is 0 Å². The first-order chi connectivity index (χ1) is 8.98. The second-order valence-corrected chi connectivity index (χ2v) is 7.80. The van der Waals surface area contributed by atoms with Gasteiger partial charge in [-0.3, -0.25) is 4.79 Å². The maximum atomic E-state index is 12.6. The van der Waals surface area contributed by atoms with Crippen LogP contribution in [0.5, 0.6) is 0 Å². The summed E-state index contributed by atoms with van der Waals surface area (Å²) in [6.07, 6.45) is 7.19. The van der Waals surface area contributed by atoms with E-state index in [2.05, 4.69) is 5.32 Å². The molecule has 3 nitrogen and oxygen atoms in total. The minimum Gasteiger partial charge on any atom is -0.396 e. The van der Waals surface area contributed by atoms with Gasteiger partial charge in [0.1, 0.15) is 0 Å². The average molecular weight is 265 g/mol. The molecule has 1 amide bonds. The molecule has 3 heteroatoms. The van der Waals surface area contributed by atoms with E-state index in [1.54, 1.807) is 0 Å². The highest BCUT2D eigenvalue weighted by molar-refractivity contribution is 5.80. The zero-order valence-electron chi connectivity index (χ0n) is 12.2. The number of amides is 1. The lowest BCUT2D eigenvalue weighted by atomic mass is 9.51. The van der Waals surface area contributed by atoms with Crippen molar-refractivity contribution in [2.24, 2.45) is 29.6 Å². The van der Waals surface area contributed by atoms with Crippen molar-refractivity contribution in [3.8, 4) is 0 Å². The lowest BCUT2D eigenvalue weighted by molar-refractivity contribution is -0.139. The Morgan fingerprint density at radius 1 is 1.11 bits per heavy atom. The van der Waals surface area contributed by atoms with E-state index in [9.17, 15) is 4.79 Å². The second-order valence-electron chi connectivity index (χ2n) is 7.80. The van der Waals surface area contributed by atoms with Crippen LogP contribution in [0, 0.1) is 29.6 Å². The van der Waals surface area contributed by atoms with Gasteiger partial charge in [-0.05, 0) is 76.0 Å². The van der Waals surface area contributed by atoms with Crippen LogP contribution < -0.4 is 5.32 Å². The first-order valence-electron chi connectivity index (χ1n) is 7.91. The maximum absolute atomic E-state index is 12.6. The molecular formula is C16H27NO2. The predicted molar refractivity (Wildman–Crippen MR) is 74.5 cm³/mol. The van der Waals surface area contributed by atoms with Crippen LogP contribution in [0.4, 0.5) is 0 Å². The Morgan fingerprint density at radius 3 is 2.11 bits per heavy atom. The topological polar surface area (TPSA) is 49.3 Å². The molecule has 0 spiro atoms. The van der Waals surface area contributed by atoms with Gasteiger partial charge in [0.15, 0.2) is 0 Å². The molecule has 0 aliphatic heterocycles. The van der Waals surface area contributed by atoms with Crippen molar-refractivity contribution in [2.45, 2.75) is 57.9 Å². The molecule has 4 rings (SSSR count). The van der Waals surface area contributed by atoms with Crippen molar-refractivity contribution < 1.29 is 9.90 Å². The van der Waals surface area contributed by atoms with Gasteiger partial charge in [-0.25, -0.2) is 0 Å². The van der Waals surface area contributed by atoms with E-state index < -0.39 is 0 Å². The van der Waals surface area contributed by atoms with Crippen LogP contribution >= 0.6 is 0 Å². The van der Waals surface area contributed by atoms with E-state index in [1.165, 1.54) is 32.1 Å². The zero-order valence-corrected chi connectivity index (χ0v) is 12.2. The fourth-order valence-electron chi connectivity index (χ4n) is 5.11. The van der Waals surface area contributed by atoms with Gasteiger partial charge in [0.2, 0.25) is 5.91 Å². The van der Waals surface area contributed by atoms with Gasteiger partial charge in [-0.2, -0.15) is 0 Å². The number of carbonyl (C=O) groups is 1. The molecule has 4 aliphatic rings. The standard InChI is InChI=1S/C16H27NO2/c1-16(2,3-4-18)17-15(19)14-12-6-10-5-11(8-12)9-13(14)7-10/h10-14,18H,3-9H2,1-2H3,(H,17,19). The van der Waals surface area contributed by atoms with E-state index in [4.69, 9.17) is 5.11 Å². The van der Waals surface area contributed by atoms with Crippen molar-refractivity contribution >= 4 is 5.91 Å². The second kappa shape index (κ2) is 4.76. The van der Waals surface area contributed by atoms with Gasteiger partial charge < -0.3 is 10.4 Å². The third-order valence-corrected chi connectivity index (χ3v) is 5.73. The number of hydrogen-bond acceptors (Lipinski definition) is 2. The van der Waals surface area contributed by atoms with E-state index in [1.807, 2.05) is 13.8 Å². The third kappa shape index (κ3) is 2.54. The molecule has 19 heavy (non-hydrogen) atoms. The summed E-state index contributed by atoms with van der Waals surface area (Å²) in [7, 11) is 0. The summed E-state index contributed by atoms with van der Waals surface area (Å²) in [6, 6.07) is 0. The van der Waals surface area contributed by atoms with Crippen LogP contribution in [-0.4, -0.2) is 23.2 Å². The van der Waals surface area contributed by atoms with E-state index in [0.717, 1.165) is 11.8 Å². The first kappa shape index (κ1) is 13.4. The minimum atomic E-state index is -0.277. The highest BCUT2D eigenvalue weighted by atomic mass is 16.3. The number of hydrogen-bond donors (Lipinski definition) is 2. The van der Waals surface area contributed by atoms with Crippen molar-refractivity contribution in [1.29, 1.82) is 0 Å². The molecule has 0 aromatic carbocycles. The van der Waals surface area contributed by atoms with Crippen LogP contribution in [0.25, 0.3) is 0 Å². The van der Waals surface area contributed by atoms with Crippen LogP contribution in [0.2, 0.25) is 0 Å². The van der Waals surface area contributed by atoms with E-state index in [0.29, 0.717) is 18.3 Å². The number of aliphatic hydroxyl groups is 1. The Bertz CT molecular complexity index is 336. The Labute approximate surface area is 116 Å². The average Bonchev–Trinajstić information content (AvgIpc) is 2.25. The van der Waals surface area contributed by atoms with Crippen LogP contribution in [0.1, 0.15) is 52.4 Å². The van der Waals surface area contributed by atoms with Crippen molar-refractivity contribution in [3.05, 3.63) is 0 Å². The summed E-state index contributed by atoms with van der Waals surface area (Å²) < 4.78 is 0. The lowest BCUT2D eigenvalue weighted by Crippen LogP contribution is -2.54. The summed E-state index contributed by atoms with van der Waals surface area (Å²) in [4.78, 5) is 12.6. The van der Waals surface area contributed by atoms with Gasteiger partial charge in [0.25, 0.3) is 0 Å². The maximum Gasteiger partial charge on any atom is 0.224 e. The Morgan fingerprint density at radius 2 is 1.63 bits per heavy atom. The molecule has 0 unspecified atom stereocenters. The van der Waals surface area contributed by atoms with Crippen LogP contribution in [0.3, 0.4) is 0 Å². The number of rotatable bonds is 4. The van der Waals surface area contributed by atoms with Gasteiger partial charge in [-0.1, -0.05) is 0 Å². The summed E-state index contributed by atoms with van der Waals surface area (Å²) in [5.74, 6) is 3.62. The lowest BCUT2D eigenvalue weighted by Gasteiger charge is -2.54. The fraction of sp³-hybridized carbons (Fsp3) is 0.938. The Hall–Kier alpha value is -0.570. The van der Waals surface area contributed by atoms with Crippen molar-refractivity contribution in [2.75, 3.05) is 6.61 Å². The third-order valence-electron chi connectivity index (χ3n) is 5.73. The first-order valence-corrected chi connectivity index (χ1v) is 7.91. The van der Waals surface area contributed by atoms with E-state index in [-0.39, 0.29) is 24.0 Å². The largest absolute Gasteiger partial charge is 0.396 e. The van der Waals surface area contributed by atoms with Crippen LogP contribution in [0.15, 0.2) is 0 Å². The molecule has 108 valence electrons. The zero-order chi connectivity index (χ0) is 13.6. The molecule has 4 bridgehead atoms. The molecular weight excluding hydrogens is 238 g/mol. The molecule has 0 saturated heterocycles. The van der Waals surface area contributed by atoms with Crippen LogP contribution in [-0.2, 0) is 4.79 Å². The Kier molecular flexibility index (Phi) is 3.36. The molecule has 0 aromatic rings. The molecule has 2 N–H and O–H groups in total. The molecule has 4 aliphatic carbocycles. The molecule has 0 atom stereocenters. The Balaban J connectivity index is 1.67.